The van der Waals surface area contributed by atoms with Crippen LogP contribution in [0.3, 0.4) is 0 Å². The smallest absolute Gasteiger partial charge is 0.250 e. The minimum Gasteiger partial charge on any atom is -0.497 e. The number of hydrazone groups is 1. The van der Waals surface area contributed by atoms with Crippen LogP contribution in [-0.4, -0.2) is 44.7 Å². The fraction of sp³-hybridized carbons (Fsp3) is 0.125. The van der Waals surface area contributed by atoms with Crippen molar-refractivity contribution in [1.29, 1.82) is 0 Å². The van der Waals surface area contributed by atoms with Crippen LogP contribution in [0.2, 0.25) is 0 Å². The zero-order valence-corrected chi connectivity index (χ0v) is 19.0. The molecule has 1 amide bonds. The summed E-state index contributed by atoms with van der Waals surface area (Å²) in [4.78, 5) is 16.4. The van der Waals surface area contributed by atoms with E-state index in [0.717, 1.165) is 22.6 Å². The third-order valence-electron chi connectivity index (χ3n) is 4.68. The van der Waals surface area contributed by atoms with Crippen LogP contribution in [0.5, 0.6) is 5.75 Å². The first-order chi connectivity index (χ1) is 16.1. The normalized spacial score (nSPS) is 11.0. The second-order valence-corrected chi connectivity index (χ2v) is 7.98. The van der Waals surface area contributed by atoms with Gasteiger partial charge in [-0.05, 0) is 55.5 Å². The highest BCUT2D eigenvalue weighted by Crippen LogP contribution is 2.29. The predicted octanol–water partition coefficient (Wildman–Crippen LogP) is 3.89. The number of carbonyl (C=O) groups excluding carboxylic acids is 1. The van der Waals surface area contributed by atoms with Gasteiger partial charge in [-0.15, -0.1) is 10.2 Å². The van der Waals surface area contributed by atoms with Crippen molar-refractivity contribution >= 4 is 23.9 Å². The van der Waals surface area contributed by atoms with Gasteiger partial charge in [-0.2, -0.15) is 5.10 Å². The average Bonchev–Trinajstić information content (AvgIpc) is 3.28. The second kappa shape index (κ2) is 10.6. The fourth-order valence-corrected chi connectivity index (χ4v) is 3.75. The summed E-state index contributed by atoms with van der Waals surface area (Å²) in [5.41, 5.74) is 6.13. The minimum atomic E-state index is -0.253. The van der Waals surface area contributed by atoms with Crippen molar-refractivity contribution in [2.24, 2.45) is 5.10 Å². The second-order valence-electron chi connectivity index (χ2n) is 7.04. The van der Waals surface area contributed by atoms with Crippen molar-refractivity contribution in [3.05, 3.63) is 84.2 Å². The first-order valence-electron chi connectivity index (χ1n) is 10.2. The van der Waals surface area contributed by atoms with Gasteiger partial charge in [0.05, 0.1) is 24.8 Å². The first kappa shape index (κ1) is 22.2. The number of pyridine rings is 1. The van der Waals surface area contributed by atoms with E-state index in [9.17, 15) is 4.79 Å². The van der Waals surface area contributed by atoms with Gasteiger partial charge in [0.25, 0.3) is 5.91 Å². The maximum absolute atomic E-state index is 12.3. The summed E-state index contributed by atoms with van der Waals surface area (Å²) in [7, 11) is 1.63. The lowest BCUT2D eigenvalue weighted by atomic mass is 10.2. The number of aromatic nitrogens is 4. The van der Waals surface area contributed by atoms with Crippen molar-refractivity contribution in [2.75, 3.05) is 12.9 Å². The van der Waals surface area contributed by atoms with Gasteiger partial charge in [0.2, 0.25) is 0 Å². The van der Waals surface area contributed by atoms with Gasteiger partial charge in [0.15, 0.2) is 11.0 Å². The summed E-state index contributed by atoms with van der Waals surface area (Å²) < 4.78 is 7.20. The lowest BCUT2D eigenvalue weighted by molar-refractivity contribution is -0.118. The van der Waals surface area contributed by atoms with Gasteiger partial charge in [0.1, 0.15) is 5.75 Å². The number of ether oxygens (including phenoxy) is 1. The van der Waals surface area contributed by atoms with Gasteiger partial charge in [-0.1, -0.05) is 35.5 Å². The molecule has 0 radical (unpaired) electrons. The molecule has 0 bridgehead atoms. The Bertz CT molecular complexity index is 1240. The minimum absolute atomic E-state index is 0.131. The summed E-state index contributed by atoms with van der Waals surface area (Å²) in [6.45, 7) is 2.03. The molecule has 0 saturated carbocycles. The lowest BCUT2D eigenvalue weighted by Crippen LogP contribution is -2.20. The molecule has 33 heavy (non-hydrogen) atoms. The summed E-state index contributed by atoms with van der Waals surface area (Å²) in [5.74, 6) is 1.32. The zero-order chi connectivity index (χ0) is 23.0. The molecule has 0 aliphatic carbocycles. The number of carbonyl (C=O) groups is 1. The molecule has 2 heterocycles. The SMILES string of the molecule is COc1ccc(-c2nnc(SCC(=O)N/N=C\c3ccccn3)n2-c2ccc(C)cc2)cc1. The number of nitrogens with zero attached hydrogens (tertiary/aromatic N) is 5. The van der Waals surface area contributed by atoms with E-state index in [0.29, 0.717) is 16.7 Å². The number of hydrogen-bond donors (Lipinski definition) is 1. The molecule has 0 aliphatic heterocycles. The monoisotopic (exact) mass is 458 g/mol. The third-order valence-corrected chi connectivity index (χ3v) is 5.61. The molecule has 0 fully saturated rings. The molecule has 2 aromatic heterocycles. The summed E-state index contributed by atoms with van der Waals surface area (Å²) in [5, 5.41) is 13.3. The number of thioether (sulfide) groups is 1. The van der Waals surface area contributed by atoms with Crippen LogP contribution in [0.4, 0.5) is 0 Å². The summed E-state index contributed by atoms with van der Waals surface area (Å²) in [6.07, 6.45) is 3.16. The Hall–Kier alpha value is -3.98. The third kappa shape index (κ3) is 5.64. The molecule has 0 spiro atoms. The molecule has 4 rings (SSSR count). The zero-order valence-electron chi connectivity index (χ0n) is 18.2. The van der Waals surface area contributed by atoms with Crippen molar-refractivity contribution in [3.8, 4) is 22.8 Å². The van der Waals surface area contributed by atoms with Gasteiger partial charge < -0.3 is 4.74 Å². The van der Waals surface area contributed by atoms with Crippen molar-refractivity contribution < 1.29 is 9.53 Å². The van der Waals surface area contributed by atoms with Crippen LogP contribution < -0.4 is 10.2 Å². The van der Waals surface area contributed by atoms with Crippen molar-refractivity contribution in [1.82, 2.24) is 25.2 Å². The number of aryl methyl sites for hydroxylation is 1. The van der Waals surface area contributed by atoms with E-state index in [4.69, 9.17) is 4.74 Å². The standard InChI is InChI=1S/C24H22N6O2S/c1-17-6-10-20(11-7-17)30-23(18-8-12-21(32-2)13-9-18)28-29-24(30)33-16-22(31)27-26-15-19-5-3-4-14-25-19/h3-15H,16H2,1-2H3,(H,27,31)/b26-15-. The number of methoxy groups -OCH3 is 1. The van der Waals surface area contributed by atoms with E-state index in [-0.39, 0.29) is 11.7 Å². The molecule has 4 aromatic rings. The Kier molecular flexibility index (Phi) is 7.11. The molecular formula is C24H22N6O2S. The van der Waals surface area contributed by atoms with E-state index in [1.54, 1.807) is 19.4 Å². The maximum atomic E-state index is 12.3. The highest BCUT2D eigenvalue weighted by atomic mass is 32.2. The Balaban J connectivity index is 1.53. The molecule has 0 unspecified atom stereocenters. The largest absolute Gasteiger partial charge is 0.497 e. The van der Waals surface area contributed by atoms with Crippen LogP contribution in [0.15, 0.2) is 83.2 Å². The highest BCUT2D eigenvalue weighted by Gasteiger charge is 2.17. The Morgan fingerprint density at radius 2 is 1.88 bits per heavy atom. The molecule has 0 saturated heterocycles. The Labute approximate surface area is 195 Å². The van der Waals surface area contributed by atoms with Crippen LogP contribution in [-0.2, 0) is 4.79 Å². The number of rotatable bonds is 8. The number of nitrogens with one attached hydrogen (secondary N) is 1. The van der Waals surface area contributed by atoms with Crippen molar-refractivity contribution in [3.63, 3.8) is 0 Å². The maximum Gasteiger partial charge on any atom is 0.250 e. The molecule has 9 heteroatoms. The topological polar surface area (TPSA) is 94.3 Å². The van der Waals surface area contributed by atoms with Crippen molar-refractivity contribution in [2.45, 2.75) is 12.1 Å². The van der Waals surface area contributed by atoms with Crippen LogP contribution in [0.1, 0.15) is 11.3 Å². The number of hydrogen-bond acceptors (Lipinski definition) is 7. The van der Waals surface area contributed by atoms with Crippen LogP contribution in [0, 0.1) is 6.92 Å². The molecule has 8 nitrogen and oxygen atoms in total. The molecule has 166 valence electrons. The average molecular weight is 459 g/mol. The van der Waals surface area contributed by atoms with E-state index < -0.39 is 0 Å². The highest BCUT2D eigenvalue weighted by molar-refractivity contribution is 7.99. The van der Waals surface area contributed by atoms with Gasteiger partial charge >= 0.3 is 0 Å². The predicted molar refractivity (Wildman–Crippen MR) is 129 cm³/mol. The van der Waals surface area contributed by atoms with Gasteiger partial charge in [0, 0.05) is 17.4 Å². The van der Waals surface area contributed by atoms with E-state index in [2.05, 4.69) is 25.7 Å². The molecule has 0 aliphatic rings. The van der Waals surface area contributed by atoms with E-state index >= 15 is 0 Å². The van der Waals surface area contributed by atoms with Gasteiger partial charge in [-0.3, -0.25) is 14.3 Å². The number of benzene rings is 2. The first-order valence-corrected chi connectivity index (χ1v) is 11.2. The molecule has 0 atom stereocenters. The molecule has 1 N–H and O–H groups in total. The quantitative estimate of drug-likeness (QED) is 0.245. The van der Waals surface area contributed by atoms with Crippen LogP contribution in [0.25, 0.3) is 17.1 Å². The van der Waals surface area contributed by atoms with Gasteiger partial charge in [-0.25, -0.2) is 5.43 Å². The summed E-state index contributed by atoms with van der Waals surface area (Å²) >= 11 is 1.29. The Morgan fingerprint density at radius 1 is 1.09 bits per heavy atom. The lowest BCUT2D eigenvalue weighted by Gasteiger charge is -2.11. The molecule has 2 aromatic carbocycles. The Morgan fingerprint density at radius 3 is 2.58 bits per heavy atom. The fourth-order valence-electron chi connectivity index (χ4n) is 3.00. The summed E-state index contributed by atoms with van der Waals surface area (Å²) in [6, 6.07) is 21.2. The molecular weight excluding hydrogens is 436 g/mol. The number of amides is 1. The van der Waals surface area contributed by atoms with E-state index in [1.807, 2.05) is 72.2 Å². The van der Waals surface area contributed by atoms with Crippen LogP contribution >= 0.6 is 11.8 Å². The van der Waals surface area contributed by atoms with E-state index in [1.165, 1.54) is 18.0 Å².